The summed E-state index contributed by atoms with van der Waals surface area (Å²) in [6.07, 6.45) is -1.22. The molecule has 5 heteroatoms. The van der Waals surface area contributed by atoms with Crippen LogP contribution in [0.15, 0.2) is 0 Å². The molecular weight excluding hydrogens is 139 g/mol. The highest BCUT2D eigenvalue weighted by Gasteiger charge is 2.08. The van der Waals surface area contributed by atoms with Crippen LogP contribution >= 0.6 is 0 Å². The smallest absolute Gasteiger partial charge is 0.247 e. The molecule has 0 aromatic heterocycles. The van der Waals surface area contributed by atoms with E-state index in [2.05, 4.69) is 5.32 Å². The summed E-state index contributed by atoms with van der Waals surface area (Å²) in [7, 11) is 0. The molecule has 0 spiro atoms. The number of rotatable bonds is 5. The lowest BCUT2D eigenvalue weighted by molar-refractivity contribution is -0.125. The Hall–Kier alpha value is -0.680. The van der Waals surface area contributed by atoms with Crippen LogP contribution in [0, 0.1) is 0 Å². The van der Waals surface area contributed by atoms with Gasteiger partial charge in [-0.05, 0) is 0 Å². The van der Waals surface area contributed by atoms with Crippen molar-refractivity contribution in [2.75, 3.05) is 19.8 Å². The van der Waals surface area contributed by atoms with Gasteiger partial charge in [0.15, 0.2) is 0 Å². The van der Waals surface area contributed by atoms with Gasteiger partial charge in [0.1, 0.15) is 12.8 Å². The van der Waals surface area contributed by atoms with Gasteiger partial charge in [-0.2, -0.15) is 0 Å². The number of alkyl halides is 1. The molecule has 1 amide bonds. The highest BCUT2D eigenvalue weighted by Crippen LogP contribution is 1.76. The van der Waals surface area contributed by atoms with Gasteiger partial charge in [0.05, 0.1) is 0 Å². The van der Waals surface area contributed by atoms with Crippen molar-refractivity contribution in [1.82, 2.24) is 5.32 Å². The summed E-state index contributed by atoms with van der Waals surface area (Å²) < 4.78 is 11.4. The fourth-order valence-corrected chi connectivity index (χ4v) is 0.406. The molecule has 0 aliphatic carbocycles. The lowest BCUT2D eigenvalue weighted by Gasteiger charge is -2.05. The maximum Gasteiger partial charge on any atom is 0.247 e. The van der Waals surface area contributed by atoms with E-state index in [1.54, 1.807) is 0 Å². The largest absolute Gasteiger partial charge is 0.382 e. The number of carbonyl (C=O) groups excluding carboxylic acids is 1. The van der Waals surface area contributed by atoms with Crippen LogP contribution < -0.4 is 11.1 Å². The minimum atomic E-state index is -1.22. The molecule has 10 heavy (non-hydrogen) atoms. The second-order valence-electron chi connectivity index (χ2n) is 1.81. The minimum absolute atomic E-state index is 0.0131. The highest BCUT2D eigenvalue weighted by atomic mass is 19.1. The van der Waals surface area contributed by atoms with Crippen LogP contribution in [0.2, 0.25) is 0 Å². The fraction of sp³-hybridized carbons (Fsp3) is 0.800. The summed E-state index contributed by atoms with van der Waals surface area (Å²) >= 11 is 0. The Morgan fingerprint density at radius 1 is 1.80 bits per heavy atom. The van der Waals surface area contributed by atoms with Gasteiger partial charge in [0.25, 0.3) is 0 Å². The Morgan fingerprint density at radius 2 is 2.40 bits per heavy atom. The third-order valence-corrected chi connectivity index (χ3v) is 0.937. The van der Waals surface area contributed by atoms with Crippen LogP contribution in [0.4, 0.5) is 4.39 Å². The van der Waals surface area contributed by atoms with Gasteiger partial charge in [-0.25, -0.2) is 4.39 Å². The summed E-state index contributed by atoms with van der Waals surface area (Å²) in [5.74, 6) is -0.800. The number of aliphatic hydroxyl groups excluding tert-OH is 1. The molecular formula is C5H11FN2O2. The van der Waals surface area contributed by atoms with Crippen LogP contribution in [0.1, 0.15) is 0 Å². The summed E-state index contributed by atoms with van der Waals surface area (Å²) in [5, 5.41) is 11.2. The molecule has 0 saturated heterocycles. The first kappa shape index (κ1) is 9.32. The van der Waals surface area contributed by atoms with E-state index in [1.165, 1.54) is 0 Å². The number of nitrogens with one attached hydrogen (secondary N) is 1. The van der Waals surface area contributed by atoms with E-state index in [-0.39, 0.29) is 13.1 Å². The van der Waals surface area contributed by atoms with Crippen molar-refractivity contribution in [3.63, 3.8) is 0 Å². The van der Waals surface area contributed by atoms with E-state index >= 15 is 0 Å². The molecule has 1 atom stereocenters. The number of aliphatic hydroxyl groups is 1. The molecule has 4 nitrogen and oxygen atoms in total. The van der Waals surface area contributed by atoms with Crippen LogP contribution in [0.3, 0.4) is 0 Å². The lowest BCUT2D eigenvalue weighted by atomic mass is 10.3. The first-order valence-corrected chi connectivity index (χ1v) is 2.92. The van der Waals surface area contributed by atoms with Gasteiger partial charge >= 0.3 is 0 Å². The monoisotopic (exact) mass is 150 g/mol. The van der Waals surface area contributed by atoms with Crippen LogP contribution in [-0.2, 0) is 4.79 Å². The van der Waals surface area contributed by atoms with Crippen LogP contribution in [0.25, 0.3) is 0 Å². The fourth-order valence-electron chi connectivity index (χ4n) is 0.406. The SMILES string of the molecule is NC(=O)C(O)CNCCF. The topological polar surface area (TPSA) is 75.4 Å². The van der Waals surface area contributed by atoms with E-state index < -0.39 is 18.7 Å². The molecule has 0 aliphatic rings. The summed E-state index contributed by atoms with van der Waals surface area (Å²) in [4.78, 5) is 10.1. The molecule has 60 valence electrons. The molecule has 0 bridgehead atoms. The molecule has 0 fully saturated rings. The van der Waals surface area contributed by atoms with Crippen molar-refractivity contribution in [1.29, 1.82) is 0 Å². The quantitative estimate of drug-likeness (QED) is 0.413. The van der Waals surface area contributed by atoms with E-state index in [0.717, 1.165) is 0 Å². The van der Waals surface area contributed by atoms with E-state index in [0.29, 0.717) is 0 Å². The molecule has 0 aromatic carbocycles. The van der Waals surface area contributed by atoms with Gasteiger partial charge in [-0.3, -0.25) is 4.79 Å². The van der Waals surface area contributed by atoms with E-state index in [4.69, 9.17) is 10.8 Å². The maximum absolute atomic E-state index is 11.4. The van der Waals surface area contributed by atoms with Crippen molar-refractivity contribution < 1.29 is 14.3 Å². The van der Waals surface area contributed by atoms with Crippen molar-refractivity contribution >= 4 is 5.91 Å². The summed E-state index contributed by atoms with van der Waals surface area (Å²) in [6.45, 7) is -0.380. The first-order chi connectivity index (χ1) is 4.68. The Labute approximate surface area is 58.2 Å². The van der Waals surface area contributed by atoms with Gasteiger partial charge < -0.3 is 16.2 Å². The Bertz CT molecular complexity index is 110. The second kappa shape index (κ2) is 5.13. The van der Waals surface area contributed by atoms with Crippen molar-refractivity contribution in [3.05, 3.63) is 0 Å². The molecule has 0 saturated carbocycles. The molecule has 0 aliphatic heterocycles. The maximum atomic E-state index is 11.4. The Morgan fingerprint density at radius 3 is 2.80 bits per heavy atom. The van der Waals surface area contributed by atoms with Crippen molar-refractivity contribution in [2.24, 2.45) is 5.73 Å². The second-order valence-corrected chi connectivity index (χ2v) is 1.81. The average Bonchev–Trinajstić information content (AvgIpc) is 1.88. The molecule has 0 aromatic rings. The zero-order valence-corrected chi connectivity index (χ0v) is 5.51. The standard InChI is InChI=1S/C5H11FN2O2/c6-1-2-8-3-4(9)5(7)10/h4,8-9H,1-3H2,(H2,7,10). The number of primary amides is 1. The minimum Gasteiger partial charge on any atom is -0.382 e. The zero-order valence-electron chi connectivity index (χ0n) is 5.51. The molecule has 0 radical (unpaired) electrons. The predicted octanol–water partition coefficient (Wildman–Crippen LogP) is -1.61. The summed E-state index contributed by atoms with van der Waals surface area (Å²) in [5.41, 5.74) is 4.70. The number of carbonyl (C=O) groups is 1. The molecule has 4 N–H and O–H groups in total. The highest BCUT2D eigenvalue weighted by molar-refractivity contribution is 5.78. The normalized spacial score (nSPS) is 13.0. The number of halogens is 1. The lowest BCUT2D eigenvalue weighted by Crippen LogP contribution is -2.38. The first-order valence-electron chi connectivity index (χ1n) is 2.92. The average molecular weight is 150 g/mol. The predicted molar refractivity (Wildman–Crippen MR) is 34.0 cm³/mol. The number of amides is 1. The third-order valence-electron chi connectivity index (χ3n) is 0.937. The molecule has 0 rings (SSSR count). The van der Waals surface area contributed by atoms with Crippen molar-refractivity contribution in [2.45, 2.75) is 6.10 Å². The van der Waals surface area contributed by atoms with E-state index in [1.807, 2.05) is 0 Å². The molecule has 0 heterocycles. The van der Waals surface area contributed by atoms with E-state index in [9.17, 15) is 9.18 Å². The van der Waals surface area contributed by atoms with Crippen LogP contribution in [-0.4, -0.2) is 36.9 Å². The molecule has 1 unspecified atom stereocenters. The zero-order chi connectivity index (χ0) is 7.98. The van der Waals surface area contributed by atoms with Crippen LogP contribution in [0.5, 0.6) is 0 Å². The van der Waals surface area contributed by atoms with Gasteiger partial charge in [0, 0.05) is 13.1 Å². The van der Waals surface area contributed by atoms with Gasteiger partial charge in [-0.1, -0.05) is 0 Å². The Kier molecular flexibility index (Phi) is 4.78. The third kappa shape index (κ3) is 4.22. The number of hydrogen-bond donors (Lipinski definition) is 3. The number of hydrogen-bond acceptors (Lipinski definition) is 3. The number of nitrogens with two attached hydrogens (primary N) is 1. The van der Waals surface area contributed by atoms with Crippen molar-refractivity contribution in [3.8, 4) is 0 Å². The summed E-state index contributed by atoms with van der Waals surface area (Å²) in [6, 6.07) is 0. The Balaban J connectivity index is 3.21. The van der Waals surface area contributed by atoms with Gasteiger partial charge in [0.2, 0.25) is 5.91 Å². The van der Waals surface area contributed by atoms with Gasteiger partial charge in [-0.15, -0.1) is 0 Å².